The summed E-state index contributed by atoms with van der Waals surface area (Å²) in [5, 5.41) is 3.67. The van der Waals surface area contributed by atoms with Gasteiger partial charge in [0.25, 0.3) is 5.91 Å². The first kappa shape index (κ1) is 15.3. The van der Waals surface area contributed by atoms with E-state index in [0.717, 1.165) is 17.2 Å². The summed E-state index contributed by atoms with van der Waals surface area (Å²) in [6.07, 6.45) is 1.72. The maximum Gasteiger partial charge on any atom is 0.254 e. The van der Waals surface area contributed by atoms with Crippen LogP contribution in [0.25, 0.3) is 0 Å². The molecule has 2 aromatic rings. The molecule has 1 aromatic carbocycles. The smallest absolute Gasteiger partial charge is 0.254 e. The van der Waals surface area contributed by atoms with Crippen LogP contribution in [-0.4, -0.2) is 34.9 Å². The number of aromatic nitrogens is 2. The lowest BCUT2D eigenvalue weighted by atomic mass is 10.1. The van der Waals surface area contributed by atoms with Crippen molar-refractivity contribution in [3.05, 3.63) is 52.6 Å². The highest BCUT2D eigenvalue weighted by Gasteiger charge is 2.13. The summed E-state index contributed by atoms with van der Waals surface area (Å²) in [4.78, 5) is 21.9. The van der Waals surface area contributed by atoms with Crippen molar-refractivity contribution in [3.63, 3.8) is 0 Å². The van der Waals surface area contributed by atoms with Gasteiger partial charge in [-0.3, -0.25) is 4.79 Å². The fourth-order valence-electron chi connectivity index (χ4n) is 1.84. The molecule has 0 fully saturated rings. The first-order chi connectivity index (χ1) is 9.97. The second kappa shape index (κ2) is 6.54. The first-order valence-corrected chi connectivity index (χ1v) is 6.89. The third-order valence-electron chi connectivity index (χ3n) is 2.91. The molecule has 5 nitrogen and oxygen atoms in total. The van der Waals surface area contributed by atoms with Crippen LogP contribution in [0, 0.1) is 6.92 Å². The van der Waals surface area contributed by atoms with E-state index < -0.39 is 0 Å². The third-order valence-corrected chi connectivity index (χ3v) is 3.24. The average molecular weight is 305 g/mol. The van der Waals surface area contributed by atoms with Gasteiger partial charge in [-0.25, -0.2) is 9.97 Å². The Kier molecular flexibility index (Phi) is 4.75. The van der Waals surface area contributed by atoms with Crippen molar-refractivity contribution in [2.45, 2.75) is 13.5 Å². The molecule has 1 aromatic heterocycles. The van der Waals surface area contributed by atoms with Gasteiger partial charge in [-0.1, -0.05) is 11.6 Å². The molecule has 0 radical (unpaired) electrons. The molecule has 110 valence electrons. The van der Waals surface area contributed by atoms with E-state index in [0.29, 0.717) is 17.1 Å². The number of carbonyl (C=O) groups excluding carboxylic acids is 1. The van der Waals surface area contributed by atoms with Crippen molar-refractivity contribution >= 4 is 23.2 Å². The van der Waals surface area contributed by atoms with E-state index in [2.05, 4.69) is 15.3 Å². The predicted octanol–water partition coefficient (Wildman–Crippen LogP) is 2.75. The Hall–Kier alpha value is -2.14. The molecule has 0 atom stereocenters. The number of anilines is 1. The molecule has 0 saturated carbocycles. The second-order valence-corrected chi connectivity index (χ2v) is 5.25. The number of amides is 1. The fraction of sp³-hybridized carbons (Fsp3) is 0.267. The van der Waals surface area contributed by atoms with Gasteiger partial charge in [0.05, 0.1) is 22.8 Å². The molecule has 0 spiro atoms. The van der Waals surface area contributed by atoms with Crippen molar-refractivity contribution in [2.75, 3.05) is 19.4 Å². The zero-order chi connectivity index (χ0) is 15.4. The summed E-state index contributed by atoms with van der Waals surface area (Å²) < 4.78 is 0. The number of nitrogens with one attached hydrogen (secondary N) is 1. The highest BCUT2D eigenvalue weighted by atomic mass is 35.5. The van der Waals surface area contributed by atoms with Crippen LogP contribution in [0.1, 0.15) is 21.9 Å². The number of benzene rings is 1. The molecule has 0 aliphatic heterocycles. The minimum atomic E-state index is -0.124. The monoisotopic (exact) mass is 304 g/mol. The second-order valence-electron chi connectivity index (χ2n) is 4.84. The molecule has 6 heteroatoms. The molecule has 0 bridgehead atoms. The molecule has 21 heavy (non-hydrogen) atoms. The topological polar surface area (TPSA) is 58.1 Å². The lowest BCUT2D eigenvalue weighted by molar-refractivity contribution is 0.0828. The summed E-state index contributed by atoms with van der Waals surface area (Å²) >= 11 is 6.08. The minimum absolute atomic E-state index is 0.124. The number of hydrogen-bond donors (Lipinski definition) is 1. The Balaban J connectivity index is 2.14. The van der Waals surface area contributed by atoms with Gasteiger partial charge >= 0.3 is 0 Å². The Morgan fingerprint density at radius 2 is 2.10 bits per heavy atom. The highest BCUT2D eigenvalue weighted by molar-refractivity contribution is 6.34. The van der Waals surface area contributed by atoms with Crippen molar-refractivity contribution in [1.82, 2.24) is 14.9 Å². The molecule has 1 amide bonds. The number of carbonyl (C=O) groups is 1. The summed E-state index contributed by atoms with van der Waals surface area (Å²) in [6, 6.07) is 7.15. The molecule has 2 rings (SSSR count). The van der Waals surface area contributed by atoms with Crippen LogP contribution in [0.5, 0.6) is 0 Å². The number of rotatable bonds is 4. The quantitative estimate of drug-likeness (QED) is 0.943. The van der Waals surface area contributed by atoms with Crippen LogP contribution in [0.4, 0.5) is 5.69 Å². The standard InChI is InChI=1S/C15H17ClN4O/c1-10-17-7-6-12(19-10)9-18-11-4-5-14(16)13(8-11)15(21)20(2)3/h4-8,18H,9H2,1-3H3. The van der Waals surface area contributed by atoms with Gasteiger partial charge in [0.2, 0.25) is 0 Å². The van der Waals surface area contributed by atoms with Crippen LogP contribution in [-0.2, 0) is 6.54 Å². The van der Waals surface area contributed by atoms with Crippen LogP contribution in [0.2, 0.25) is 5.02 Å². The van der Waals surface area contributed by atoms with Crippen molar-refractivity contribution in [2.24, 2.45) is 0 Å². The van der Waals surface area contributed by atoms with Gasteiger partial charge in [0.15, 0.2) is 0 Å². The summed E-state index contributed by atoms with van der Waals surface area (Å²) in [6.45, 7) is 2.40. The molecule has 0 aliphatic carbocycles. The Morgan fingerprint density at radius 1 is 1.33 bits per heavy atom. The molecule has 0 aliphatic rings. The van der Waals surface area contributed by atoms with Crippen molar-refractivity contribution < 1.29 is 4.79 Å². The molecular weight excluding hydrogens is 288 g/mol. The first-order valence-electron chi connectivity index (χ1n) is 6.51. The number of hydrogen-bond acceptors (Lipinski definition) is 4. The van der Waals surface area contributed by atoms with E-state index in [9.17, 15) is 4.79 Å². The lowest BCUT2D eigenvalue weighted by Gasteiger charge is -2.13. The molecule has 1 N–H and O–H groups in total. The van der Waals surface area contributed by atoms with Gasteiger partial charge in [0.1, 0.15) is 5.82 Å². The molecule has 0 saturated heterocycles. The van der Waals surface area contributed by atoms with E-state index in [4.69, 9.17) is 11.6 Å². The van der Waals surface area contributed by atoms with Crippen LogP contribution in [0.15, 0.2) is 30.5 Å². The maximum absolute atomic E-state index is 12.0. The SMILES string of the molecule is Cc1nccc(CNc2ccc(Cl)c(C(=O)N(C)C)c2)n1. The minimum Gasteiger partial charge on any atom is -0.379 e. The van der Waals surface area contributed by atoms with E-state index in [1.54, 1.807) is 32.4 Å². The van der Waals surface area contributed by atoms with Crippen LogP contribution >= 0.6 is 11.6 Å². The average Bonchev–Trinajstić information content (AvgIpc) is 2.45. The van der Waals surface area contributed by atoms with E-state index >= 15 is 0 Å². The van der Waals surface area contributed by atoms with E-state index in [-0.39, 0.29) is 5.91 Å². The number of halogens is 1. The van der Waals surface area contributed by atoms with Crippen molar-refractivity contribution in [3.8, 4) is 0 Å². The maximum atomic E-state index is 12.0. The lowest BCUT2D eigenvalue weighted by Crippen LogP contribution is -2.22. The summed E-state index contributed by atoms with van der Waals surface area (Å²) in [7, 11) is 3.39. The predicted molar refractivity (Wildman–Crippen MR) is 83.6 cm³/mol. The van der Waals surface area contributed by atoms with Gasteiger partial charge < -0.3 is 10.2 Å². The van der Waals surface area contributed by atoms with Gasteiger partial charge in [-0.15, -0.1) is 0 Å². The van der Waals surface area contributed by atoms with Crippen LogP contribution in [0.3, 0.4) is 0 Å². The van der Waals surface area contributed by atoms with Gasteiger partial charge in [0, 0.05) is 26.0 Å². The van der Waals surface area contributed by atoms with Crippen molar-refractivity contribution in [1.29, 1.82) is 0 Å². The van der Waals surface area contributed by atoms with Gasteiger partial charge in [-0.2, -0.15) is 0 Å². The number of nitrogens with zero attached hydrogens (tertiary/aromatic N) is 3. The fourth-order valence-corrected chi connectivity index (χ4v) is 2.03. The Morgan fingerprint density at radius 3 is 2.76 bits per heavy atom. The van der Waals surface area contributed by atoms with E-state index in [1.807, 2.05) is 19.1 Å². The third kappa shape index (κ3) is 3.92. The Labute approximate surface area is 129 Å². The summed E-state index contributed by atoms with van der Waals surface area (Å²) in [5.41, 5.74) is 2.18. The normalized spacial score (nSPS) is 10.3. The summed E-state index contributed by atoms with van der Waals surface area (Å²) in [5.74, 6) is 0.607. The number of aryl methyl sites for hydroxylation is 1. The zero-order valence-electron chi connectivity index (χ0n) is 12.2. The zero-order valence-corrected chi connectivity index (χ0v) is 13.0. The molecule has 0 unspecified atom stereocenters. The van der Waals surface area contributed by atoms with Gasteiger partial charge in [-0.05, 0) is 31.2 Å². The molecular formula is C15H17ClN4O. The largest absolute Gasteiger partial charge is 0.379 e. The molecule has 1 heterocycles. The van der Waals surface area contributed by atoms with Crippen LogP contribution < -0.4 is 5.32 Å². The van der Waals surface area contributed by atoms with E-state index in [1.165, 1.54) is 4.90 Å². The highest BCUT2D eigenvalue weighted by Crippen LogP contribution is 2.22. The Bertz CT molecular complexity index is 658.